The minimum Gasteiger partial charge on any atom is -0.497 e. The number of methoxy groups -OCH3 is 2. The van der Waals surface area contributed by atoms with Gasteiger partial charge in [0.15, 0.2) is 0 Å². The highest BCUT2D eigenvalue weighted by Crippen LogP contribution is 2.26. The first-order chi connectivity index (χ1) is 12.6. The van der Waals surface area contributed by atoms with Gasteiger partial charge in [-0.15, -0.1) is 0 Å². The molecule has 0 atom stereocenters. The van der Waals surface area contributed by atoms with E-state index in [1.165, 1.54) is 7.11 Å². The van der Waals surface area contributed by atoms with E-state index < -0.39 is 5.97 Å². The molecular weight excluding hydrogens is 352 g/mol. The highest BCUT2D eigenvalue weighted by molar-refractivity contribution is 6.33. The summed E-state index contributed by atoms with van der Waals surface area (Å²) >= 11 is 6.19. The number of ether oxygens (including phenoxy) is 2. The van der Waals surface area contributed by atoms with E-state index in [2.05, 4.69) is 4.99 Å². The number of aromatic nitrogens is 1. The number of carbonyl (C=O) groups is 1. The lowest BCUT2D eigenvalue weighted by Gasteiger charge is -2.07. The Kier molecular flexibility index (Phi) is 5.39. The molecule has 0 fully saturated rings. The third kappa shape index (κ3) is 3.78. The van der Waals surface area contributed by atoms with E-state index in [1.54, 1.807) is 31.5 Å². The molecule has 0 N–H and O–H groups in total. The molecule has 0 aliphatic carbocycles. The minimum atomic E-state index is -0.431. The van der Waals surface area contributed by atoms with Gasteiger partial charge in [-0.1, -0.05) is 11.6 Å². The molecule has 0 aliphatic heterocycles. The van der Waals surface area contributed by atoms with Crippen LogP contribution in [0.15, 0.2) is 65.8 Å². The van der Waals surface area contributed by atoms with Crippen molar-refractivity contribution in [3.63, 3.8) is 0 Å². The van der Waals surface area contributed by atoms with Crippen LogP contribution in [-0.2, 0) is 4.74 Å². The van der Waals surface area contributed by atoms with Gasteiger partial charge in [0.05, 0.1) is 42.4 Å². The minimum absolute atomic E-state index is 0.398. The summed E-state index contributed by atoms with van der Waals surface area (Å²) in [5.41, 5.74) is 2.74. The molecule has 0 amide bonds. The molecule has 0 saturated heterocycles. The van der Waals surface area contributed by atoms with Gasteiger partial charge in [0.2, 0.25) is 0 Å². The summed E-state index contributed by atoms with van der Waals surface area (Å²) in [4.78, 5) is 16.1. The van der Waals surface area contributed by atoms with E-state index in [1.807, 2.05) is 47.2 Å². The summed E-state index contributed by atoms with van der Waals surface area (Å²) in [6, 6.07) is 16.4. The third-order valence-electron chi connectivity index (χ3n) is 3.83. The van der Waals surface area contributed by atoms with Gasteiger partial charge >= 0.3 is 5.97 Å². The fourth-order valence-corrected chi connectivity index (χ4v) is 2.64. The standard InChI is InChI=1S/C20H17ClN2O3/c1-25-17-8-6-15(7-9-17)23-11-3-4-16(23)13-22-19-12-14(20(24)26-2)5-10-18(19)21/h3-13H,1-2H3. The number of nitrogens with zero attached hydrogens (tertiary/aromatic N) is 2. The maximum absolute atomic E-state index is 11.7. The van der Waals surface area contributed by atoms with Crippen molar-refractivity contribution in [1.29, 1.82) is 0 Å². The van der Waals surface area contributed by atoms with Gasteiger partial charge in [-0.2, -0.15) is 0 Å². The van der Waals surface area contributed by atoms with Crippen LogP contribution < -0.4 is 4.74 Å². The number of hydrogen-bond acceptors (Lipinski definition) is 4. The van der Waals surface area contributed by atoms with Crippen LogP contribution in [0.1, 0.15) is 16.1 Å². The van der Waals surface area contributed by atoms with Crippen molar-refractivity contribution in [2.75, 3.05) is 14.2 Å². The van der Waals surface area contributed by atoms with Crippen molar-refractivity contribution in [3.05, 3.63) is 77.1 Å². The summed E-state index contributed by atoms with van der Waals surface area (Å²) in [5.74, 6) is 0.363. The third-order valence-corrected chi connectivity index (χ3v) is 4.15. The Morgan fingerprint density at radius 1 is 1.12 bits per heavy atom. The Morgan fingerprint density at radius 3 is 2.58 bits per heavy atom. The summed E-state index contributed by atoms with van der Waals surface area (Å²) in [7, 11) is 2.97. The van der Waals surface area contributed by atoms with E-state index in [0.717, 1.165) is 17.1 Å². The molecule has 132 valence electrons. The summed E-state index contributed by atoms with van der Waals surface area (Å²) in [6.07, 6.45) is 3.64. The molecule has 0 aliphatic rings. The van der Waals surface area contributed by atoms with Gasteiger partial charge in [-0.25, -0.2) is 4.79 Å². The molecule has 0 saturated carbocycles. The van der Waals surface area contributed by atoms with Gasteiger partial charge in [0.25, 0.3) is 0 Å². The first-order valence-corrected chi connectivity index (χ1v) is 8.24. The summed E-state index contributed by atoms with van der Waals surface area (Å²) in [6.45, 7) is 0. The van der Waals surface area contributed by atoms with Crippen LogP contribution in [0.4, 0.5) is 5.69 Å². The first kappa shape index (κ1) is 17.8. The van der Waals surface area contributed by atoms with Crippen molar-refractivity contribution >= 4 is 29.5 Å². The fraction of sp³-hybridized carbons (Fsp3) is 0.100. The van der Waals surface area contributed by atoms with E-state index in [-0.39, 0.29) is 0 Å². The van der Waals surface area contributed by atoms with Gasteiger partial charge < -0.3 is 14.0 Å². The number of halogens is 1. The maximum atomic E-state index is 11.7. The van der Waals surface area contributed by atoms with Crippen LogP contribution in [0.3, 0.4) is 0 Å². The van der Waals surface area contributed by atoms with E-state index in [0.29, 0.717) is 16.3 Å². The fourth-order valence-electron chi connectivity index (χ4n) is 2.47. The lowest BCUT2D eigenvalue weighted by molar-refractivity contribution is 0.0601. The van der Waals surface area contributed by atoms with Crippen molar-refractivity contribution in [1.82, 2.24) is 4.57 Å². The van der Waals surface area contributed by atoms with Gasteiger partial charge in [0, 0.05) is 11.9 Å². The topological polar surface area (TPSA) is 52.8 Å². The molecule has 3 rings (SSSR count). The number of carbonyl (C=O) groups excluding carboxylic acids is 1. The highest BCUT2D eigenvalue weighted by Gasteiger charge is 2.08. The first-order valence-electron chi connectivity index (χ1n) is 7.86. The molecule has 2 aromatic carbocycles. The zero-order chi connectivity index (χ0) is 18.5. The molecule has 0 radical (unpaired) electrons. The molecule has 0 bridgehead atoms. The Morgan fingerprint density at radius 2 is 1.88 bits per heavy atom. The average Bonchev–Trinajstić information content (AvgIpc) is 3.15. The molecule has 6 heteroatoms. The summed E-state index contributed by atoms with van der Waals surface area (Å²) in [5, 5.41) is 0.455. The van der Waals surface area contributed by atoms with E-state index >= 15 is 0 Å². The van der Waals surface area contributed by atoms with Crippen LogP contribution in [-0.4, -0.2) is 31.0 Å². The second kappa shape index (κ2) is 7.89. The second-order valence-electron chi connectivity index (χ2n) is 5.42. The van der Waals surface area contributed by atoms with Gasteiger partial charge in [0.1, 0.15) is 5.75 Å². The lowest BCUT2D eigenvalue weighted by atomic mass is 10.2. The van der Waals surface area contributed by atoms with Crippen LogP contribution in [0.5, 0.6) is 5.75 Å². The van der Waals surface area contributed by atoms with Crippen LogP contribution >= 0.6 is 11.6 Å². The molecule has 0 unspecified atom stereocenters. The van der Waals surface area contributed by atoms with Crippen molar-refractivity contribution in [2.45, 2.75) is 0 Å². The smallest absolute Gasteiger partial charge is 0.337 e. The lowest BCUT2D eigenvalue weighted by Crippen LogP contribution is -2.00. The predicted molar refractivity (Wildman–Crippen MR) is 102 cm³/mol. The molecule has 5 nitrogen and oxygen atoms in total. The monoisotopic (exact) mass is 368 g/mol. The molecule has 1 aromatic heterocycles. The van der Waals surface area contributed by atoms with Gasteiger partial charge in [-0.3, -0.25) is 4.99 Å². The number of benzene rings is 2. The Balaban J connectivity index is 1.90. The normalized spacial score (nSPS) is 10.9. The Hall–Kier alpha value is -3.05. The molecular formula is C20H17ClN2O3. The van der Waals surface area contributed by atoms with E-state index in [4.69, 9.17) is 21.1 Å². The second-order valence-corrected chi connectivity index (χ2v) is 5.82. The van der Waals surface area contributed by atoms with Crippen LogP contribution in [0.2, 0.25) is 5.02 Å². The SMILES string of the molecule is COC(=O)c1ccc(Cl)c(N=Cc2cccn2-c2ccc(OC)cc2)c1. The van der Waals surface area contributed by atoms with Gasteiger partial charge in [-0.05, 0) is 54.6 Å². The Bertz CT molecular complexity index is 946. The molecule has 3 aromatic rings. The number of rotatable bonds is 5. The van der Waals surface area contributed by atoms with Crippen molar-refractivity contribution < 1.29 is 14.3 Å². The zero-order valence-electron chi connectivity index (χ0n) is 14.3. The van der Waals surface area contributed by atoms with Crippen molar-refractivity contribution in [2.24, 2.45) is 4.99 Å². The number of hydrogen-bond donors (Lipinski definition) is 0. The quantitative estimate of drug-likeness (QED) is 0.485. The number of aliphatic imine (C=N–C) groups is 1. The summed E-state index contributed by atoms with van der Waals surface area (Å²) < 4.78 is 11.9. The molecule has 0 spiro atoms. The van der Waals surface area contributed by atoms with E-state index in [9.17, 15) is 4.79 Å². The number of esters is 1. The largest absolute Gasteiger partial charge is 0.497 e. The zero-order valence-corrected chi connectivity index (χ0v) is 15.1. The maximum Gasteiger partial charge on any atom is 0.337 e. The average molecular weight is 369 g/mol. The molecule has 1 heterocycles. The molecule has 26 heavy (non-hydrogen) atoms. The van der Waals surface area contributed by atoms with Crippen molar-refractivity contribution in [3.8, 4) is 11.4 Å². The predicted octanol–water partition coefficient (Wildman–Crippen LogP) is 4.68. The Labute approximate surface area is 156 Å². The van der Waals surface area contributed by atoms with Crippen LogP contribution in [0.25, 0.3) is 5.69 Å². The van der Waals surface area contributed by atoms with Crippen LogP contribution in [0, 0.1) is 0 Å². The highest BCUT2D eigenvalue weighted by atomic mass is 35.5.